The second-order valence-corrected chi connectivity index (χ2v) is 3.43. The minimum absolute atomic E-state index is 0.316. The first kappa shape index (κ1) is 8.23. The van der Waals surface area contributed by atoms with Crippen molar-refractivity contribution in [2.75, 3.05) is 0 Å². The van der Waals surface area contributed by atoms with Crippen molar-refractivity contribution in [3.05, 3.63) is 29.7 Å². The van der Waals surface area contributed by atoms with E-state index >= 15 is 0 Å². The Morgan fingerprint density at radius 3 is 2.85 bits per heavy atom. The molecule has 0 aliphatic carbocycles. The van der Waals surface area contributed by atoms with Crippen molar-refractivity contribution in [3.8, 4) is 0 Å². The van der Waals surface area contributed by atoms with Gasteiger partial charge in [0.25, 0.3) is 0 Å². The fourth-order valence-corrected chi connectivity index (χ4v) is 1.54. The molecule has 1 N–H and O–H groups in total. The summed E-state index contributed by atoms with van der Waals surface area (Å²) in [5.74, 6) is -0.0184. The van der Waals surface area contributed by atoms with Gasteiger partial charge in [0.1, 0.15) is 0 Å². The Labute approximate surface area is 75.8 Å². The van der Waals surface area contributed by atoms with E-state index in [1.165, 1.54) is 0 Å². The number of nitrogens with one attached hydrogen (secondary N) is 1. The van der Waals surface area contributed by atoms with E-state index in [-0.39, 0.29) is 5.95 Å². The predicted octanol–water partition coefficient (Wildman–Crippen LogP) is 2.83. The third-order valence-electron chi connectivity index (χ3n) is 2.19. The second kappa shape index (κ2) is 2.83. The molecule has 0 aliphatic heterocycles. The topological polar surface area (TPSA) is 28.7 Å². The van der Waals surface area contributed by atoms with E-state index in [0.717, 1.165) is 5.56 Å². The highest BCUT2D eigenvalue weighted by Crippen LogP contribution is 2.25. The normalized spacial score (nSPS) is 11.4. The lowest BCUT2D eigenvalue weighted by molar-refractivity contribution is 0.587. The molecule has 2 aromatic rings. The number of hydrogen-bond acceptors (Lipinski definition) is 1. The molecule has 0 amide bonds. The summed E-state index contributed by atoms with van der Waals surface area (Å²) < 4.78 is 13.2. The molecule has 0 fully saturated rings. The molecular weight excluding hydrogens is 167 g/mol. The van der Waals surface area contributed by atoms with Gasteiger partial charge >= 0.3 is 0 Å². The number of rotatable bonds is 1. The molecule has 0 aliphatic rings. The summed E-state index contributed by atoms with van der Waals surface area (Å²) in [6, 6.07) is 5.64. The van der Waals surface area contributed by atoms with E-state index in [1.54, 1.807) is 6.07 Å². The smallest absolute Gasteiger partial charge is 0.217 e. The van der Waals surface area contributed by atoms with Crippen LogP contribution in [0.2, 0.25) is 0 Å². The Hall–Kier alpha value is -1.38. The molecule has 1 heterocycles. The van der Waals surface area contributed by atoms with Crippen LogP contribution in [-0.2, 0) is 0 Å². The molecule has 0 atom stereocenters. The molecule has 68 valence electrons. The van der Waals surface area contributed by atoms with Crippen LogP contribution in [0.3, 0.4) is 0 Å². The second-order valence-electron chi connectivity index (χ2n) is 3.43. The number of halogens is 1. The van der Waals surface area contributed by atoms with Gasteiger partial charge in [-0.15, -0.1) is 0 Å². The summed E-state index contributed by atoms with van der Waals surface area (Å²) in [5.41, 5.74) is 1.70. The minimum Gasteiger partial charge on any atom is -0.252 e. The van der Waals surface area contributed by atoms with Crippen molar-refractivity contribution in [1.82, 2.24) is 10.2 Å². The summed E-state index contributed by atoms with van der Waals surface area (Å²) in [6.07, 6.45) is 0. The Morgan fingerprint density at radius 2 is 2.15 bits per heavy atom. The number of aromatic nitrogens is 2. The third-order valence-corrected chi connectivity index (χ3v) is 2.19. The van der Waals surface area contributed by atoms with Crippen molar-refractivity contribution in [3.63, 3.8) is 0 Å². The highest BCUT2D eigenvalue weighted by Gasteiger charge is 2.11. The largest absolute Gasteiger partial charge is 0.252 e. The quantitative estimate of drug-likeness (QED) is 0.714. The molecule has 0 spiro atoms. The third kappa shape index (κ3) is 1.20. The lowest BCUT2D eigenvalue weighted by Crippen LogP contribution is -1.88. The van der Waals surface area contributed by atoms with E-state index in [2.05, 4.69) is 10.2 Å². The molecule has 0 radical (unpaired) electrons. The Morgan fingerprint density at radius 1 is 1.38 bits per heavy atom. The molecule has 0 bridgehead atoms. The Bertz CT molecular complexity index is 431. The average Bonchev–Trinajstić information content (AvgIpc) is 2.48. The molecule has 0 saturated heterocycles. The van der Waals surface area contributed by atoms with Gasteiger partial charge in [-0.1, -0.05) is 26.0 Å². The van der Waals surface area contributed by atoms with Gasteiger partial charge in [-0.2, -0.15) is 9.49 Å². The molecule has 1 aromatic heterocycles. The van der Waals surface area contributed by atoms with Crippen LogP contribution in [0.5, 0.6) is 0 Å². The van der Waals surface area contributed by atoms with Crippen LogP contribution in [0, 0.1) is 5.95 Å². The molecule has 0 saturated carbocycles. The van der Waals surface area contributed by atoms with Crippen molar-refractivity contribution in [2.24, 2.45) is 0 Å². The standard InChI is InChI=1S/C10H11FN2/c1-6(2)7-4-3-5-8-9(7)10(11)13-12-8/h3-6H,1-2H3,(H,12,13). The SMILES string of the molecule is CC(C)c1cccc2n[nH]c(F)c12. The van der Waals surface area contributed by atoms with Gasteiger partial charge in [0, 0.05) is 0 Å². The first-order valence-corrected chi connectivity index (χ1v) is 4.32. The fraction of sp³-hybridized carbons (Fsp3) is 0.300. The summed E-state index contributed by atoms with van der Waals surface area (Å²) in [5, 5.41) is 6.84. The van der Waals surface area contributed by atoms with Crippen molar-refractivity contribution in [1.29, 1.82) is 0 Å². The monoisotopic (exact) mass is 178 g/mol. The lowest BCUT2D eigenvalue weighted by atomic mass is 10.00. The predicted molar refractivity (Wildman–Crippen MR) is 50.1 cm³/mol. The van der Waals surface area contributed by atoms with Gasteiger partial charge < -0.3 is 0 Å². The van der Waals surface area contributed by atoms with E-state index in [0.29, 0.717) is 16.8 Å². The van der Waals surface area contributed by atoms with Gasteiger partial charge in [0.05, 0.1) is 10.9 Å². The summed E-state index contributed by atoms with van der Waals surface area (Å²) >= 11 is 0. The average molecular weight is 178 g/mol. The zero-order valence-electron chi connectivity index (χ0n) is 7.63. The Kier molecular flexibility index (Phi) is 1.79. The van der Waals surface area contributed by atoms with Crippen molar-refractivity contribution >= 4 is 10.9 Å². The first-order valence-electron chi connectivity index (χ1n) is 4.32. The number of fused-ring (bicyclic) bond motifs is 1. The number of H-pyrrole nitrogens is 1. The fourth-order valence-electron chi connectivity index (χ4n) is 1.54. The summed E-state index contributed by atoms with van der Waals surface area (Å²) in [4.78, 5) is 0. The maximum absolute atomic E-state index is 13.2. The maximum atomic E-state index is 13.2. The zero-order valence-corrected chi connectivity index (χ0v) is 7.63. The van der Waals surface area contributed by atoms with Crippen LogP contribution in [0.15, 0.2) is 18.2 Å². The first-order chi connectivity index (χ1) is 6.20. The van der Waals surface area contributed by atoms with Gasteiger partial charge in [0.15, 0.2) is 0 Å². The van der Waals surface area contributed by atoms with Crippen LogP contribution < -0.4 is 0 Å². The van der Waals surface area contributed by atoms with Crippen LogP contribution >= 0.6 is 0 Å². The molecule has 3 heteroatoms. The van der Waals surface area contributed by atoms with Crippen LogP contribution in [0.4, 0.5) is 4.39 Å². The Balaban J connectivity index is 2.80. The van der Waals surface area contributed by atoms with E-state index in [9.17, 15) is 4.39 Å². The number of nitrogens with zero attached hydrogens (tertiary/aromatic N) is 1. The molecule has 0 unspecified atom stereocenters. The van der Waals surface area contributed by atoms with Crippen LogP contribution in [0.25, 0.3) is 10.9 Å². The zero-order chi connectivity index (χ0) is 9.42. The van der Waals surface area contributed by atoms with E-state index in [4.69, 9.17) is 0 Å². The van der Waals surface area contributed by atoms with Gasteiger partial charge in [0.2, 0.25) is 5.95 Å². The van der Waals surface area contributed by atoms with Gasteiger partial charge in [-0.25, -0.2) is 0 Å². The minimum atomic E-state index is -0.334. The number of aromatic amines is 1. The van der Waals surface area contributed by atoms with Gasteiger partial charge in [-0.05, 0) is 17.5 Å². The van der Waals surface area contributed by atoms with Crippen molar-refractivity contribution in [2.45, 2.75) is 19.8 Å². The highest BCUT2D eigenvalue weighted by molar-refractivity contribution is 5.82. The molecule has 2 rings (SSSR count). The summed E-state index contributed by atoms with van der Waals surface area (Å²) in [7, 11) is 0. The number of benzene rings is 1. The summed E-state index contributed by atoms with van der Waals surface area (Å²) in [6.45, 7) is 4.09. The van der Waals surface area contributed by atoms with Gasteiger partial charge in [-0.3, -0.25) is 5.10 Å². The van der Waals surface area contributed by atoms with Crippen molar-refractivity contribution < 1.29 is 4.39 Å². The van der Waals surface area contributed by atoms with Crippen LogP contribution in [0.1, 0.15) is 25.3 Å². The molecule has 1 aromatic carbocycles. The van der Waals surface area contributed by atoms with E-state index in [1.807, 2.05) is 26.0 Å². The molecule has 2 nitrogen and oxygen atoms in total. The highest BCUT2D eigenvalue weighted by atomic mass is 19.1. The molecular formula is C10H11FN2. The number of hydrogen-bond donors (Lipinski definition) is 1. The maximum Gasteiger partial charge on any atom is 0.217 e. The van der Waals surface area contributed by atoms with Crippen LogP contribution in [-0.4, -0.2) is 10.2 Å². The van der Waals surface area contributed by atoms with E-state index < -0.39 is 0 Å². The lowest BCUT2D eigenvalue weighted by Gasteiger charge is -2.05. The molecule has 13 heavy (non-hydrogen) atoms.